The molecule has 0 atom stereocenters. The van der Waals surface area contributed by atoms with Crippen LogP contribution < -0.4 is 10.1 Å². The number of benzene rings is 2. The highest BCUT2D eigenvalue weighted by Gasteiger charge is 2.24. The predicted octanol–water partition coefficient (Wildman–Crippen LogP) is 4.39. The van der Waals surface area contributed by atoms with Gasteiger partial charge in [0.25, 0.3) is 0 Å². The molecule has 1 aliphatic rings. The summed E-state index contributed by atoms with van der Waals surface area (Å²) in [6.07, 6.45) is 1.10. The van der Waals surface area contributed by atoms with Crippen molar-refractivity contribution in [3.8, 4) is 5.75 Å². The van der Waals surface area contributed by atoms with Crippen LogP contribution in [0.25, 0.3) is 6.08 Å². The van der Waals surface area contributed by atoms with E-state index in [2.05, 4.69) is 10.3 Å². The van der Waals surface area contributed by atoms with Crippen molar-refractivity contribution >= 4 is 29.7 Å². The second-order valence-electron chi connectivity index (χ2n) is 7.31. The van der Waals surface area contributed by atoms with E-state index in [1.807, 2.05) is 12.1 Å². The van der Waals surface area contributed by atoms with E-state index in [0.29, 0.717) is 11.3 Å². The minimum atomic E-state index is -0.580. The number of hydrogen-bond acceptors (Lipinski definition) is 6. The molecule has 3 rings (SSSR count). The molecule has 0 aromatic heterocycles. The van der Waals surface area contributed by atoms with Gasteiger partial charge in [-0.3, -0.25) is 5.32 Å². The van der Waals surface area contributed by atoms with E-state index in [-0.39, 0.29) is 11.6 Å². The van der Waals surface area contributed by atoms with E-state index >= 15 is 0 Å². The summed E-state index contributed by atoms with van der Waals surface area (Å²) in [6, 6.07) is 14.0. The summed E-state index contributed by atoms with van der Waals surface area (Å²) >= 11 is 0. The number of ether oxygens (including phenoxy) is 3. The van der Waals surface area contributed by atoms with Gasteiger partial charge in [-0.25, -0.2) is 14.6 Å². The molecule has 7 nitrogen and oxygen atoms in total. The number of esters is 1. The zero-order valence-corrected chi connectivity index (χ0v) is 16.7. The molecule has 1 aliphatic heterocycles. The van der Waals surface area contributed by atoms with E-state index in [1.165, 1.54) is 0 Å². The van der Waals surface area contributed by atoms with Gasteiger partial charge in [0, 0.05) is 11.3 Å². The molecule has 0 saturated carbocycles. The number of amides is 1. The molecule has 0 bridgehead atoms. The fourth-order valence-electron chi connectivity index (χ4n) is 2.51. The van der Waals surface area contributed by atoms with E-state index in [4.69, 9.17) is 14.2 Å². The van der Waals surface area contributed by atoms with Crippen molar-refractivity contribution in [1.29, 1.82) is 0 Å². The first-order valence-electron chi connectivity index (χ1n) is 9.00. The Labute approximate surface area is 169 Å². The number of methoxy groups -OCH3 is 1. The molecule has 29 heavy (non-hydrogen) atoms. The zero-order chi connectivity index (χ0) is 21.0. The Morgan fingerprint density at radius 3 is 2.31 bits per heavy atom. The van der Waals surface area contributed by atoms with E-state index < -0.39 is 17.7 Å². The second-order valence-corrected chi connectivity index (χ2v) is 7.31. The standard InChI is InChI=1S/C22H22N2O5/c1-22(2,3)29-21(26)23-16-9-7-15(8-10-16)19-24-18(20(25)28-19)13-14-5-11-17(27-4)12-6-14/h5-13H,1-4H3,(H,23,26)/b18-13+. The van der Waals surface area contributed by atoms with Gasteiger partial charge in [0.2, 0.25) is 5.90 Å². The second kappa shape index (κ2) is 8.18. The van der Waals surface area contributed by atoms with Gasteiger partial charge < -0.3 is 14.2 Å². The molecule has 0 radical (unpaired) electrons. The number of aliphatic imine (C=N–C) groups is 1. The van der Waals surface area contributed by atoms with Gasteiger partial charge in [-0.15, -0.1) is 0 Å². The first-order chi connectivity index (χ1) is 13.7. The fraction of sp³-hybridized carbons (Fsp3) is 0.227. The third kappa shape index (κ3) is 5.44. The van der Waals surface area contributed by atoms with Crippen LogP contribution in [0.2, 0.25) is 0 Å². The van der Waals surface area contributed by atoms with Crippen LogP contribution in [0.3, 0.4) is 0 Å². The lowest BCUT2D eigenvalue weighted by Gasteiger charge is -2.19. The molecule has 0 saturated heterocycles. The summed E-state index contributed by atoms with van der Waals surface area (Å²) in [7, 11) is 1.59. The van der Waals surface area contributed by atoms with Gasteiger partial charge in [0.1, 0.15) is 11.4 Å². The highest BCUT2D eigenvalue weighted by atomic mass is 16.6. The maximum Gasteiger partial charge on any atom is 0.412 e. The Bertz CT molecular complexity index is 968. The number of carbonyl (C=O) groups is 2. The molecule has 0 unspecified atom stereocenters. The molecule has 150 valence electrons. The number of nitrogens with zero attached hydrogens (tertiary/aromatic N) is 1. The minimum absolute atomic E-state index is 0.207. The first kappa shape index (κ1) is 20.1. The van der Waals surface area contributed by atoms with Crippen LogP contribution in [0, 0.1) is 0 Å². The third-order valence-electron chi connectivity index (χ3n) is 3.82. The summed E-state index contributed by atoms with van der Waals surface area (Å²) in [4.78, 5) is 28.2. The Balaban J connectivity index is 1.71. The summed E-state index contributed by atoms with van der Waals surface area (Å²) in [5.74, 6) is 0.413. The third-order valence-corrected chi connectivity index (χ3v) is 3.82. The maximum absolute atomic E-state index is 12.1. The van der Waals surface area contributed by atoms with Crippen LogP contribution in [-0.4, -0.2) is 30.7 Å². The number of carbonyl (C=O) groups excluding carboxylic acids is 2. The molecule has 0 spiro atoms. The lowest BCUT2D eigenvalue weighted by atomic mass is 10.2. The fourth-order valence-corrected chi connectivity index (χ4v) is 2.51. The molecule has 2 aromatic rings. The lowest BCUT2D eigenvalue weighted by molar-refractivity contribution is -0.129. The van der Waals surface area contributed by atoms with Gasteiger partial charge in [-0.1, -0.05) is 12.1 Å². The molecule has 0 fully saturated rings. The molecule has 2 aromatic carbocycles. The van der Waals surface area contributed by atoms with Crippen molar-refractivity contribution in [1.82, 2.24) is 0 Å². The number of cyclic esters (lactones) is 1. The number of hydrogen-bond donors (Lipinski definition) is 1. The van der Waals surface area contributed by atoms with Gasteiger partial charge in [0.05, 0.1) is 7.11 Å². The Kier molecular flexibility index (Phi) is 5.68. The Morgan fingerprint density at radius 2 is 1.72 bits per heavy atom. The van der Waals surface area contributed by atoms with Crippen LogP contribution in [0.1, 0.15) is 31.9 Å². The van der Waals surface area contributed by atoms with Crippen molar-refractivity contribution < 1.29 is 23.8 Å². The van der Waals surface area contributed by atoms with Gasteiger partial charge in [-0.05, 0) is 68.8 Å². The monoisotopic (exact) mass is 394 g/mol. The van der Waals surface area contributed by atoms with E-state index in [9.17, 15) is 9.59 Å². The quantitative estimate of drug-likeness (QED) is 0.614. The molecule has 1 amide bonds. The van der Waals surface area contributed by atoms with Gasteiger partial charge in [0.15, 0.2) is 5.70 Å². The topological polar surface area (TPSA) is 86.2 Å². The van der Waals surface area contributed by atoms with Crippen LogP contribution in [0.15, 0.2) is 59.2 Å². The van der Waals surface area contributed by atoms with Crippen LogP contribution in [0.4, 0.5) is 10.5 Å². The molecule has 0 aliphatic carbocycles. The molecular weight excluding hydrogens is 372 g/mol. The minimum Gasteiger partial charge on any atom is -0.497 e. The Hall–Kier alpha value is -3.61. The van der Waals surface area contributed by atoms with E-state index in [0.717, 1.165) is 11.3 Å². The highest BCUT2D eigenvalue weighted by Crippen LogP contribution is 2.21. The van der Waals surface area contributed by atoms with Gasteiger partial charge >= 0.3 is 12.1 Å². The summed E-state index contributed by atoms with van der Waals surface area (Å²) in [5.41, 5.74) is 1.61. The first-order valence-corrected chi connectivity index (χ1v) is 9.00. The summed E-state index contributed by atoms with van der Waals surface area (Å²) in [5, 5.41) is 2.65. The smallest absolute Gasteiger partial charge is 0.412 e. The maximum atomic E-state index is 12.1. The van der Waals surface area contributed by atoms with Crippen LogP contribution in [0.5, 0.6) is 5.75 Å². The van der Waals surface area contributed by atoms with Crippen molar-refractivity contribution in [2.24, 2.45) is 4.99 Å². The molecular formula is C22H22N2O5. The molecule has 1 N–H and O–H groups in total. The van der Waals surface area contributed by atoms with Gasteiger partial charge in [-0.2, -0.15) is 0 Å². The highest BCUT2D eigenvalue weighted by molar-refractivity contribution is 6.13. The number of nitrogens with one attached hydrogen (secondary N) is 1. The van der Waals surface area contributed by atoms with Crippen molar-refractivity contribution in [2.45, 2.75) is 26.4 Å². The van der Waals surface area contributed by atoms with Crippen molar-refractivity contribution in [3.05, 3.63) is 65.4 Å². The molecule has 1 heterocycles. The summed E-state index contributed by atoms with van der Waals surface area (Å²) in [6.45, 7) is 5.37. The number of rotatable bonds is 4. The largest absolute Gasteiger partial charge is 0.497 e. The van der Waals surface area contributed by atoms with Crippen LogP contribution in [-0.2, 0) is 14.3 Å². The zero-order valence-electron chi connectivity index (χ0n) is 16.7. The average Bonchev–Trinajstić information content (AvgIpc) is 3.02. The van der Waals surface area contributed by atoms with E-state index in [1.54, 1.807) is 70.4 Å². The Morgan fingerprint density at radius 1 is 1.07 bits per heavy atom. The number of anilines is 1. The average molecular weight is 394 g/mol. The summed E-state index contributed by atoms with van der Waals surface area (Å²) < 4.78 is 15.6. The lowest BCUT2D eigenvalue weighted by Crippen LogP contribution is -2.27. The van der Waals surface area contributed by atoms with Crippen molar-refractivity contribution in [2.75, 3.05) is 12.4 Å². The van der Waals surface area contributed by atoms with Crippen molar-refractivity contribution in [3.63, 3.8) is 0 Å². The predicted molar refractivity (Wildman–Crippen MR) is 110 cm³/mol. The molecule has 7 heteroatoms. The van der Waals surface area contributed by atoms with Crippen LogP contribution >= 0.6 is 0 Å². The SMILES string of the molecule is COc1ccc(/C=C2/N=C(c3ccc(NC(=O)OC(C)(C)C)cc3)OC2=O)cc1. The normalized spacial score (nSPS) is 15.0.